The quantitative estimate of drug-likeness (QED) is 0.686. The molecule has 0 atom stereocenters. The van der Waals surface area contributed by atoms with E-state index in [2.05, 4.69) is 22.6 Å². The predicted octanol–water partition coefficient (Wildman–Crippen LogP) is 1.96. The Morgan fingerprint density at radius 1 is 1.57 bits per heavy atom. The normalized spacial score (nSPS) is 9.93. The Morgan fingerprint density at radius 2 is 2.29 bits per heavy atom. The highest BCUT2D eigenvalue weighted by atomic mass is 127. The van der Waals surface area contributed by atoms with Crippen molar-refractivity contribution in [1.29, 1.82) is 0 Å². The Balaban J connectivity index is 3.10. The lowest BCUT2D eigenvalue weighted by molar-refractivity contribution is 0.0521. The van der Waals surface area contributed by atoms with Crippen molar-refractivity contribution in [2.75, 3.05) is 6.61 Å². The monoisotopic (exact) mass is 306 g/mol. The van der Waals surface area contributed by atoms with Gasteiger partial charge in [0.25, 0.3) is 0 Å². The van der Waals surface area contributed by atoms with Crippen molar-refractivity contribution >= 4 is 28.6 Å². The van der Waals surface area contributed by atoms with E-state index in [1.807, 2.05) is 6.07 Å². The SMILES string of the molecule is CCOC(=O)c1c(I)cccc1CO. The first-order chi connectivity index (χ1) is 6.70. The van der Waals surface area contributed by atoms with Gasteiger partial charge >= 0.3 is 5.97 Å². The van der Waals surface area contributed by atoms with Gasteiger partial charge in [-0.2, -0.15) is 0 Å². The Kier molecular flexibility index (Phi) is 4.34. The standard InChI is InChI=1S/C10H11IO3/c1-2-14-10(13)9-7(6-12)4-3-5-8(9)11/h3-5,12H,2,6H2,1H3. The molecule has 0 saturated heterocycles. The van der Waals surface area contributed by atoms with Gasteiger partial charge in [-0.25, -0.2) is 4.79 Å². The molecule has 0 aromatic heterocycles. The van der Waals surface area contributed by atoms with Gasteiger partial charge in [0.05, 0.1) is 18.8 Å². The molecule has 4 heteroatoms. The molecule has 1 aromatic rings. The lowest BCUT2D eigenvalue weighted by Crippen LogP contribution is -2.10. The van der Waals surface area contributed by atoms with Crippen LogP contribution in [0.4, 0.5) is 0 Å². The largest absolute Gasteiger partial charge is 0.462 e. The molecule has 0 radical (unpaired) electrons. The second kappa shape index (κ2) is 5.31. The molecular formula is C10H11IO3. The van der Waals surface area contributed by atoms with Crippen LogP contribution >= 0.6 is 22.6 Å². The Morgan fingerprint density at radius 3 is 2.86 bits per heavy atom. The summed E-state index contributed by atoms with van der Waals surface area (Å²) in [4.78, 5) is 11.5. The van der Waals surface area contributed by atoms with Crippen molar-refractivity contribution in [3.63, 3.8) is 0 Å². The highest BCUT2D eigenvalue weighted by molar-refractivity contribution is 14.1. The molecule has 3 nitrogen and oxygen atoms in total. The highest BCUT2D eigenvalue weighted by Gasteiger charge is 2.14. The van der Waals surface area contributed by atoms with E-state index in [1.54, 1.807) is 19.1 Å². The van der Waals surface area contributed by atoms with Crippen LogP contribution in [0.25, 0.3) is 0 Å². The number of hydrogen-bond donors (Lipinski definition) is 1. The fourth-order valence-corrected chi connectivity index (χ4v) is 1.91. The molecule has 14 heavy (non-hydrogen) atoms. The van der Waals surface area contributed by atoms with Gasteiger partial charge in [0.15, 0.2) is 0 Å². The average molecular weight is 306 g/mol. The molecule has 1 N–H and O–H groups in total. The number of carbonyl (C=O) groups is 1. The number of benzene rings is 1. The van der Waals surface area contributed by atoms with Crippen molar-refractivity contribution in [2.24, 2.45) is 0 Å². The van der Waals surface area contributed by atoms with E-state index in [0.29, 0.717) is 17.7 Å². The van der Waals surface area contributed by atoms with Crippen LogP contribution in [0.1, 0.15) is 22.8 Å². The van der Waals surface area contributed by atoms with E-state index in [1.165, 1.54) is 0 Å². The van der Waals surface area contributed by atoms with Crippen LogP contribution in [-0.2, 0) is 11.3 Å². The average Bonchev–Trinajstić information content (AvgIpc) is 2.17. The van der Waals surface area contributed by atoms with Gasteiger partial charge in [0, 0.05) is 3.57 Å². The molecule has 0 unspecified atom stereocenters. The lowest BCUT2D eigenvalue weighted by atomic mass is 10.1. The summed E-state index contributed by atoms with van der Waals surface area (Å²) in [6, 6.07) is 5.33. The maximum absolute atomic E-state index is 11.5. The third kappa shape index (κ3) is 2.45. The van der Waals surface area contributed by atoms with Crippen LogP contribution in [0.15, 0.2) is 18.2 Å². The van der Waals surface area contributed by atoms with Crippen LogP contribution in [0.3, 0.4) is 0 Å². The number of ether oxygens (including phenoxy) is 1. The molecule has 0 fully saturated rings. The zero-order valence-corrected chi connectivity index (χ0v) is 9.95. The molecular weight excluding hydrogens is 295 g/mol. The number of aliphatic hydroxyl groups is 1. The van der Waals surface area contributed by atoms with Gasteiger partial charge in [0.1, 0.15) is 0 Å². The number of esters is 1. The molecule has 0 aliphatic rings. The van der Waals surface area contributed by atoms with Crippen molar-refractivity contribution in [3.8, 4) is 0 Å². The first kappa shape index (κ1) is 11.5. The Hall–Kier alpha value is -0.620. The molecule has 1 aromatic carbocycles. The summed E-state index contributed by atoms with van der Waals surface area (Å²) < 4.78 is 5.70. The van der Waals surface area contributed by atoms with E-state index in [9.17, 15) is 4.79 Å². The zero-order chi connectivity index (χ0) is 10.6. The molecule has 1 rings (SSSR count). The van der Waals surface area contributed by atoms with Crippen molar-refractivity contribution in [1.82, 2.24) is 0 Å². The molecule has 0 spiro atoms. The van der Waals surface area contributed by atoms with Gasteiger partial charge in [-0.1, -0.05) is 12.1 Å². The molecule has 0 amide bonds. The second-order valence-electron chi connectivity index (χ2n) is 2.65. The Labute approximate surface area is 96.2 Å². The Bertz CT molecular complexity index is 336. The third-order valence-corrected chi connectivity index (χ3v) is 2.65. The molecule has 0 saturated carbocycles. The lowest BCUT2D eigenvalue weighted by Gasteiger charge is -2.08. The van der Waals surface area contributed by atoms with Gasteiger partial charge in [0.2, 0.25) is 0 Å². The minimum atomic E-state index is -0.374. The maximum atomic E-state index is 11.5. The summed E-state index contributed by atoms with van der Waals surface area (Å²) >= 11 is 2.05. The maximum Gasteiger partial charge on any atom is 0.339 e. The highest BCUT2D eigenvalue weighted by Crippen LogP contribution is 2.18. The first-order valence-electron chi connectivity index (χ1n) is 4.26. The second-order valence-corrected chi connectivity index (χ2v) is 3.81. The van der Waals surface area contributed by atoms with Crippen LogP contribution < -0.4 is 0 Å². The number of halogens is 1. The van der Waals surface area contributed by atoms with Gasteiger partial charge in [-0.15, -0.1) is 0 Å². The van der Waals surface area contributed by atoms with Gasteiger partial charge in [-0.05, 0) is 41.1 Å². The van der Waals surface area contributed by atoms with Crippen LogP contribution in [0.5, 0.6) is 0 Å². The molecule has 0 aliphatic heterocycles. The van der Waals surface area contributed by atoms with Crippen molar-refractivity contribution in [3.05, 3.63) is 32.9 Å². The zero-order valence-electron chi connectivity index (χ0n) is 7.79. The summed E-state index contributed by atoms with van der Waals surface area (Å²) in [5.41, 5.74) is 1.08. The summed E-state index contributed by atoms with van der Waals surface area (Å²) in [7, 11) is 0. The van der Waals surface area contributed by atoms with E-state index in [0.717, 1.165) is 3.57 Å². The summed E-state index contributed by atoms with van der Waals surface area (Å²) in [5, 5.41) is 9.05. The van der Waals surface area contributed by atoms with E-state index >= 15 is 0 Å². The molecule has 0 aliphatic carbocycles. The van der Waals surface area contributed by atoms with Crippen LogP contribution in [0, 0.1) is 3.57 Å². The van der Waals surface area contributed by atoms with Crippen LogP contribution in [0.2, 0.25) is 0 Å². The fourth-order valence-electron chi connectivity index (χ4n) is 1.13. The van der Waals surface area contributed by atoms with Crippen molar-refractivity contribution < 1.29 is 14.6 Å². The molecule has 0 heterocycles. The predicted molar refractivity (Wildman–Crippen MR) is 61.0 cm³/mol. The minimum Gasteiger partial charge on any atom is -0.462 e. The van der Waals surface area contributed by atoms with E-state index < -0.39 is 0 Å². The van der Waals surface area contributed by atoms with E-state index in [4.69, 9.17) is 9.84 Å². The third-order valence-electron chi connectivity index (χ3n) is 1.75. The van der Waals surface area contributed by atoms with Gasteiger partial charge in [-0.3, -0.25) is 0 Å². The minimum absolute atomic E-state index is 0.148. The number of hydrogen-bond acceptors (Lipinski definition) is 3. The topological polar surface area (TPSA) is 46.5 Å². The summed E-state index contributed by atoms with van der Waals surface area (Å²) in [5.74, 6) is -0.374. The number of carbonyl (C=O) groups excluding carboxylic acids is 1. The first-order valence-corrected chi connectivity index (χ1v) is 5.34. The van der Waals surface area contributed by atoms with Crippen LogP contribution in [-0.4, -0.2) is 17.7 Å². The smallest absolute Gasteiger partial charge is 0.339 e. The number of aliphatic hydroxyl groups excluding tert-OH is 1. The molecule has 76 valence electrons. The summed E-state index contributed by atoms with van der Waals surface area (Å²) in [6.45, 7) is 1.95. The summed E-state index contributed by atoms with van der Waals surface area (Å²) in [6.07, 6.45) is 0. The fraction of sp³-hybridized carbons (Fsp3) is 0.300. The van der Waals surface area contributed by atoms with Crippen molar-refractivity contribution in [2.45, 2.75) is 13.5 Å². The molecule has 0 bridgehead atoms. The number of rotatable bonds is 3. The van der Waals surface area contributed by atoms with E-state index in [-0.39, 0.29) is 12.6 Å². The van der Waals surface area contributed by atoms with Gasteiger partial charge < -0.3 is 9.84 Å².